The van der Waals surface area contributed by atoms with Crippen LogP contribution in [0.2, 0.25) is 0 Å². The van der Waals surface area contributed by atoms with Gasteiger partial charge >= 0.3 is 11.9 Å². The SMILES string of the molecule is O=C1CN(S(=O)(=O)c2ccccc2[N+](=O)[O-])CC(=O)O1. The molecule has 10 heteroatoms. The number of hydrogen-bond donors (Lipinski definition) is 0. The number of nitro groups is 1. The van der Waals surface area contributed by atoms with E-state index in [0.717, 1.165) is 12.1 Å². The van der Waals surface area contributed by atoms with E-state index in [4.69, 9.17) is 0 Å². The van der Waals surface area contributed by atoms with Gasteiger partial charge in [-0.2, -0.15) is 4.31 Å². The van der Waals surface area contributed by atoms with E-state index in [2.05, 4.69) is 4.74 Å². The molecule has 0 saturated carbocycles. The van der Waals surface area contributed by atoms with Crippen molar-refractivity contribution in [1.29, 1.82) is 0 Å². The topological polar surface area (TPSA) is 124 Å². The van der Waals surface area contributed by atoms with Gasteiger partial charge in [0.2, 0.25) is 0 Å². The van der Waals surface area contributed by atoms with Crippen LogP contribution in [0.25, 0.3) is 0 Å². The Morgan fingerprint density at radius 3 is 2.25 bits per heavy atom. The van der Waals surface area contributed by atoms with Crippen LogP contribution < -0.4 is 0 Å². The fraction of sp³-hybridized carbons (Fsp3) is 0.200. The molecule has 0 aliphatic carbocycles. The number of nitrogens with zero attached hydrogens (tertiary/aromatic N) is 2. The number of ether oxygens (including phenoxy) is 1. The summed E-state index contributed by atoms with van der Waals surface area (Å²) >= 11 is 0. The Balaban J connectivity index is 2.48. The van der Waals surface area contributed by atoms with Crippen molar-refractivity contribution in [3.05, 3.63) is 34.4 Å². The van der Waals surface area contributed by atoms with E-state index in [1.54, 1.807) is 0 Å². The second-order valence-electron chi connectivity index (χ2n) is 3.84. The van der Waals surface area contributed by atoms with Gasteiger partial charge in [0.05, 0.1) is 4.92 Å². The Kier molecular flexibility index (Phi) is 3.51. The van der Waals surface area contributed by atoms with Gasteiger partial charge in [-0.15, -0.1) is 0 Å². The first-order valence-electron chi connectivity index (χ1n) is 5.29. The van der Waals surface area contributed by atoms with Gasteiger partial charge in [0.15, 0.2) is 4.90 Å². The Morgan fingerprint density at radius 2 is 1.70 bits per heavy atom. The van der Waals surface area contributed by atoms with E-state index < -0.39 is 50.6 Å². The molecule has 0 N–H and O–H groups in total. The molecule has 0 aromatic heterocycles. The number of nitro benzene ring substituents is 1. The Bertz CT molecular complexity index is 681. The minimum atomic E-state index is -4.33. The highest BCUT2D eigenvalue weighted by Crippen LogP contribution is 2.26. The van der Waals surface area contributed by atoms with Crippen LogP contribution in [0.1, 0.15) is 0 Å². The Labute approximate surface area is 112 Å². The largest absolute Gasteiger partial charge is 0.391 e. The van der Waals surface area contributed by atoms with Gasteiger partial charge in [0, 0.05) is 6.07 Å². The van der Waals surface area contributed by atoms with E-state index in [1.807, 2.05) is 0 Å². The average molecular weight is 300 g/mol. The fourth-order valence-corrected chi connectivity index (χ4v) is 3.16. The van der Waals surface area contributed by atoms with Crippen molar-refractivity contribution < 1.29 is 27.7 Å². The summed E-state index contributed by atoms with van der Waals surface area (Å²) < 4.78 is 29.3. The highest BCUT2D eigenvalue weighted by Gasteiger charge is 2.37. The number of benzene rings is 1. The predicted molar refractivity (Wildman–Crippen MR) is 63.0 cm³/mol. The number of rotatable bonds is 3. The molecule has 0 bridgehead atoms. The first kappa shape index (κ1) is 14.1. The van der Waals surface area contributed by atoms with E-state index in [-0.39, 0.29) is 0 Å². The predicted octanol–water partition coefficient (Wildman–Crippen LogP) is -0.331. The third-order valence-corrected chi connectivity index (χ3v) is 4.36. The van der Waals surface area contributed by atoms with Gasteiger partial charge in [-0.25, -0.2) is 8.42 Å². The van der Waals surface area contributed by atoms with Crippen LogP contribution in [0.5, 0.6) is 0 Å². The van der Waals surface area contributed by atoms with Gasteiger partial charge in [0.1, 0.15) is 13.1 Å². The zero-order valence-corrected chi connectivity index (χ0v) is 10.7. The summed E-state index contributed by atoms with van der Waals surface area (Å²) in [5.41, 5.74) is -0.626. The summed E-state index contributed by atoms with van der Waals surface area (Å²) in [5, 5.41) is 10.8. The van der Waals surface area contributed by atoms with E-state index in [1.165, 1.54) is 12.1 Å². The van der Waals surface area contributed by atoms with Crippen LogP contribution >= 0.6 is 0 Å². The van der Waals surface area contributed by atoms with Crippen molar-refractivity contribution in [2.45, 2.75) is 4.90 Å². The van der Waals surface area contributed by atoms with E-state index in [9.17, 15) is 28.1 Å². The van der Waals surface area contributed by atoms with Crippen molar-refractivity contribution in [3.8, 4) is 0 Å². The molecular formula is C10H8N2O7S. The number of morpholine rings is 1. The standard InChI is InChI=1S/C10H8N2O7S/c13-9-5-11(6-10(14)19-9)20(17,18)8-4-2-1-3-7(8)12(15)16/h1-4H,5-6H2. The van der Waals surface area contributed by atoms with Crippen molar-refractivity contribution in [1.82, 2.24) is 4.31 Å². The lowest BCUT2D eigenvalue weighted by Gasteiger charge is -2.23. The second-order valence-corrected chi connectivity index (χ2v) is 5.75. The fourth-order valence-electron chi connectivity index (χ4n) is 1.67. The molecule has 0 atom stereocenters. The molecule has 0 amide bonds. The molecule has 1 fully saturated rings. The summed E-state index contributed by atoms with van der Waals surface area (Å²) in [4.78, 5) is 31.6. The molecule has 1 heterocycles. The molecule has 2 rings (SSSR count). The molecule has 1 aromatic carbocycles. The lowest BCUT2D eigenvalue weighted by molar-refractivity contribution is -0.387. The summed E-state index contributed by atoms with van der Waals surface area (Å²) in [6.07, 6.45) is 0. The number of hydrogen-bond acceptors (Lipinski definition) is 7. The van der Waals surface area contributed by atoms with Crippen molar-refractivity contribution in [3.63, 3.8) is 0 Å². The maximum Gasteiger partial charge on any atom is 0.328 e. The molecule has 1 aromatic rings. The lowest BCUT2D eigenvalue weighted by atomic mass is 10.3. The maximum atomic E-state index is 12.3. The first-order chi connectivity index (χ1) is 9.32. The number of esters is 2. The molecule has 0 unspecified atom stereocenters. The minimum Gasteiger partial charge on any atom is -0.391 e. The van der Waals surface area contributed by atoms with Crippen LogP contribution in [0.3, 0.4) is 0 Å². The second kappa shape index (κ2) is 4.98. The number of para-hydroxylation sites is 1. The van der Waals surface area contributed by atoms with Gasteiger partial charge < -0.3 is 4.74 Å². The zero-order valence-electron chi connectivity index (χ0n) is 9.88. The molecule has 1 aliphatic heterocycles. The Morgan fingerprint density at radius 1 is 1.15 bits per heavy atom. The summed E-state index contributed by atoms with van der Waals surface area (Å²) in [6.45, 7) is -1.33. The van der Waals surface area contributed by atoms with Gasteiger partial charge in [-0.3, -0.25) is 19.7 Å². The van der Waals surface area contributed by atoms with Crippen LogP contribution in [-0.2, 0) is 24.3 Å². The van der Waals surface area contributed by atoms with Gasteiger partial charge in [-0.05, 0) is 6.07 Å². The third kappa shape index (κ3) is 2.51. The van der Waals surface area contributed by atoms with Gasteiger partial charge in [0.25, 0.3) is 15.7 Å². The number of carbonyl (C=O) groups is 2. The highest BCUT2D eigenvalue weighted by atomic mass is 32.2. The summed E-state index contributed by atoms with van der Waals surface area (Å²) in [5.74, 6) is -2.05. The van der Waals surface area contributed by atoms with Crippen LogP contribution in [0.15, 0.2) is 29.2 Å². The summed E-state index contributed by atoms with van der Waals surface area (Å²) in [7, 11) is -4.33. The Hall–Kier alpha value is -2.33. The maximum absolute atomic E-state index is 12.3. The van der Waals surface area contributed by atoms with Crippen molar-refractivity contribution in [2.75, 3.05) is 13.1 Å². The molecule has 0 spiro atoms. The summed E-state index contributed by atoms with van der Waals surface area (Å²) in [6, 6.07) is 4.69. The number of cyclic esters (lactones) is 2. The third-order valence-electron chi connectivity index (χ3n) is 2.52. The quantitative estimate of drug-likeness (QED) is 0.324. The smallest absolute Gasteiger partial charge is 0.328 e. The lowest BCUT2D eigenvalue weighted by Crippen LogP contribution is -2.46. The highest BCUT2D eigenvalue weighted by molar-refractivity contribution is 7.89. The zero-order chi connectivity index (χ0) is 14.9. The van der Waals surface area contributed by atoms with Crippen molar-refractivity contribution in [2.24, 2.45) is 0 Å². The molecule has 1 saturated heterocycles. The van der Waals surface area contributed by atoms with E-state index in [0.29, 0.717) is 4.31 Å². The molecule has 106 valence electrons. The normalized spacial score (nSPS) is 16.8. The minimum absolute atomic E-state index is 0.545. The van der Waals surface area contributed by atoms with Gasteiger partial charge in [-0.1, -0.05) is 12.1 Å². The molecular weight excluding hydrogens is 292 g/mol. The molecule has 20 heavy (non-hydrogen) atoms. The first-order valence-corrected chi connectivity index (χ1v) is 6.73. The van der Waals surface area contributed by atoms with Crippen molar-refractivity contribution >= 4 is 27.6 Å². The number of sulfonamides is 1. The molecule has 1 aliphatic rings. The van der Waals surface area contributed by atoms with Crippen LogP contribution in [-0.4, -0.2) is 42.7 Å². The van der Waals surface area contributed by atoms with E-state index >= 15 is 0 Å². The van der Waals surface area contributed by atoms with Crippen LogP contribution in [0, 0.1) is 10.1 Å². The monoisotopic (exact) mass is 300 g/mol. The molecule has 9 nitrogen and oxygen atoms in total. The number of carbonyl (C=O) groups excluding carboxylic acids is 2. The van der Waals surface area contributed by atoms with Crippen LogP contribution in [0.4, 0.5) is 5.69 Å². The average Bonchev–Trinajstić information content (AvgIpc) is 2.37. The molecule has 0 radical (unpaired) electrons.